The number of anilines is 2. The van der Waals surface area contributed by atoms with E-state index in [1.54, 1.807) is 6.07 Å². The van der Waals surface area contributed by atoms with Crippen molar-refractivity contribution in [1.29, 1.82) is 0 Å². The quantitative estimate of drug-likeness (QED) is 0.820. The third-order valence-electron chi connectivity index (χ3n) is 2.55. The molecule has 0 spiro atoms. The summed E-state index contributed by atoms with van der Waals surface area (Å²) >= 11 is 1.51. The first kappa shape index (κ1) is 13.0. The molecule has 2 amide bonds. The van der Waals surface area contributed by atoms with Crippen LogP contribution in [0.3, 0.4) is 0 Å². The number of carbonyl (C=O) groups excluding carboxylic acids is 2. The lowest BCUT2D eigenvalue weighted by Crippen LogP contribution is -2.27. The predicted octanol–water partition coefficient (Wildman–Crippen LogP) is 2.72. The van der Waals surface area contributed by atoms with Gasteiger partial charge in [-0.1, -0.05) is 20.8 Å². The lowest BCUT2D eigenvalue weighted by atomic mass is 9.95. The van der Waals surface area contributed by atoms with Crippen LogP contribution in [0.1, 0.15) is 20.8 Å². The van der Waals surface area contributed by atoms with Crippen molar-refractivity contribution < 1.29 is 9.59 Å². The van der Waals surface area contributed by atoms with E-state index in [-0.39, 0.29) is 11.8 Å². The zero-order valence-corrected chi connectivity index (χ0v) is 11.5. The Labute approximate surface area is 111 Å². The van der Waals surface area contributed by atoms with Gasteiger partial charge in [0.15, 0.2) is 0 Å². The number of rotatable bonds is 1. The summed E-state index contributed by atoms with van der Waals surface area (Å²) in [6.45, 7) is 5.58. The third kappa shape index (κ3) is 2.85. The van der Waals surface area contributed by atoms with Crippen LogP contribution in [-0.2, 0) is 9.59 Å². The van der Waals surface area contributed by atoms with Crippen LogP contribution in [0, 0.1) is 5.41 Å². The maximum absolute atomic E-state index is 11.9. The Morgan fingerprint density at radius 2 is 2.11 bits per heavy atom. The van der Waals surface area contributed by atoms with Gasteiger partial charge in [0.05, 0.1) is 11.4 Å². The molecule has 0 saturated carbocycles. The first-order valence-corrected chi connectivity index (χ1v) is 6.73. The minimum Gasteiger partial charge on any atom is -0.326 e. The molecule has 0 aromatic heterocycles. The number of amides is 2. The van der Waals surface area contributed by atoms with E-state index >= 15 is 0 Å². The molecule has 1 heterocycles. The van der Waals surface area contributed by atoms with E-state index in [4.69, 9.17) is 0 Å². The van der Waals surface area contributed by atoms with Gasteiger partial charge in [-0.15, -0.1) is 11.8 Å². The summed E-state index contributed by atoms with van der Waals surface area (Å²) in [6.07, 6.45) is 0. The largest absolute Gasteiger partial charge is 0.326 e. The van der Waals surface area contributed by atoms with E-state index in [0.29, 0.717) is 11.4 Å². The highest BCUT2D eigenvalue weighted by molar-refractivity contribution is 8.00. The fourth-order valence-corrected chi connectivity index (χ4v) is 2.27. The van der Waals surface area contributed by atoms with Crippen molar-refractivity contribution in [3.05, 3.63) is 18.2 Å². The van der Waals surface area contributed by atoms with Gasteiger partial charge in [0.25, 0.3) is 0 Å². The van der Waals surface area contributed by atoms with Gasteiger partial charge in [-0.3, -0.25) is 9.59 Å². The maximum atomic E-state index is 11.9. The fourth-order valence-electron chi connectivity index (χ4n) is 1.48. The van der Waals surface area contributed by atoms with Gasteiger partial charge in [0.1, 0.15) is 0 Å². The fraction of sp³-hybridized carbons (Fsp3) is 0.385. The molecule has 0 radical (unpaired) electrons. The molecular formula is C13H16N2O2S. The Kier molecular flexibility index (Phi) is 3.34. The molecule has 0 saturated heterocycles. The smallest absolute Gasteiger partial charge is 0.234 e. The van der Waals surface area contributed by atoms with E-state index < -0.39 is 5.41 Å². The minimum absolute atomic E-state index is 0.00759. The van der Waals surface area contributed by atoms with Gasteiger partial charge in [0, 0.05) is 16.0 Å². The van der Waals surface area contributed by atoms with Crippen LogP contribution in [-0.4, -0.2) is 17.6 Å². The topological polar surface area (TPSA) is 58.2 Å². The lowest BCUT2D eigenvalue weighted by Gasteiger charge is -2.20. The number of thioether (sulfide) groups is 1. The molecule has 0 atom stereocenters. The standard InChI is InChI=1S/C13H16N2O2S/c1-13(2,3)12(17)14-8-4-5-10-9(6-8)15-11(16)7-18-10/h4-6H,7H2,1-3H3,(H,14,17)(H,15,16). The second-order valence-electron chi connectivity index (χ2n) is 5.25. The molecule has 1 aromatic carbocycles. The molecule has 1 aromatic rings. The molecule has 5 heteroatoms. The molecule has 96 valence electrons. The molecular weight excluding hydrogens is 248 g/mol. The molecule has 1 aliphatic heterocycles. The predicted molar refractivity (Wildman–Crippen MR) is 73.9 cm³/mol. The summed E-state index contributed by atoms with van der Waals surface area (Å²) in [5.74, 6) is 0.393. The van der Waals surface area contributed by atoms with Gasteiger partial charge in [0.2, 0.25) is 11.8 Å². The number of benzene rings is 1. The molecule has 1 aliphatic rings. The Hall–Kier alpha value is -1.49. The monoisotopic (exact) mass is 264 g/mol. The highest BCUT2D eigenvalue weighted by Gasteiger charge is 2.22. The second kappa shape index (κ2) is 4.65. The molecule has 0 aliphatic carbocycles. The maximum Gasteiger partial charge on any atom is 0.234 e. The van der Waals surface area contributed by atoms with Gasteiger partial charge < -0.3 is 10.6 Å². The van der Waals surface area contributed by atoms with Crippen molar-refractivity contribution in [2.24, 2.45) is 5.41 Å². The number of fused-ring (bicyclic) bond motifs is 1. The SMILES string of the molecule is CC(C)(C)C(=O)Nc1ccc2c(c1)NC(=O)CS2. The van der Waals surface area contributed by atoms with Crippen LogP contribution in [0.4, 0.5) is 11.4 Å². The molecule has 0 bridgehead atoms. The third-order valence-corrected chi connectivity index (χ3v) is 3.62. The Balaban J connectivity index is 2.19. The zero-order chi connectivity index (χ0) is 13.3. The summed E-state index contributed by atoms with van der Waals surface area (Å²) in [5, 5.41) is 5.65. The van der Waals surface area contributed by atoms with Crippen molar-refractivity contribution in [1.82, 2.24) is 0 Å². The van der Waals surface area contributed by atoms with Crippen LogP contribution >= 0.6 is 11.8 Å². The summed E-state index contributed by atoms with van der Waals surface area (Å²) in [5.41, 5.74) is 1.04. The summed E-state index contributed by atoms with van der Waals surface area (Å²) in [6, 6.07) is 5.56. The van der Waals surface area contributed by atoms with E-state index in [2.05, 4.69) is 10.6 Å². The first-order valence-electron chi connectivity index (χ1n) is 5.74. The van der Waals surface area contributed by atoms with Crippen LogP contribution < -0.4 is 10.6 Å². The van der Waals surface area contributed by atoms with Crippen LogP contribution in [0.5, 0.6) is 0 Å². The van der Waals surface area contributed by atoms with Gasteiger partial charge >= 0.3 is 0 Å². The Morgan fingerprint density at radius 3 is 2.78 bits per heavy atom. The summed E-state index contributed by atoms with van der Waals surface area (Å²) in [4.78, 5) is 24.2. The number of hydrogen-bond donors (Lipinski definition) is 2. The average Bonchev–Trinajstić information content (AvgIpc) is 2.27. The van der Waals surface area contributed by atoms with Crippen molar-refractivity contribution in [2.45, 2.75) is 25.7 Å². The molecule has 4 nitrogen and oxygen atoms in total. The van der Waals surface area contributed by atoms with Crippen molar-refractivity contribution in [3.63, 3.8) is 0 Å². The van der Waals surface area contributed by atoms with Crippen molar-refractivity contribution in [2.75, 3.05) is 16.4 Å². The van der Waals surface area contributed by atoms with E-state index in [1.807, 2.05) is 32.9 Å². The molecule has 18 heavy (non-hydrogen) atoms. The Bertz CT molecular complexity index is 506. The lowest BCUT2D eigenvalue weighted by molar-refractivity contribution is -0.123. The zero-order valence-electron chi connectivity index (χ0n) is 10.7. The number of nitrogens with one attached hydrogen (secondary N) is 2. The summed E-state index contributed by atoms with van der Waals surface area (Å²) in [7, 11) is 0. The van der Waals surface area contributed by atoms with Crippen molar-refractivity contribution >= 4 is 35.0 Å². The molecule has 0 unspecified atom stereocenters. The van der Waals surface area contributed by atoms with E-state index in [0.717, 1.165) is 10.6 Å². The van der Waals surface area contributed by atoms with Gasteiger partial charge in [-0.05, 0) is 18.2 Å². The normalized spacial score (nSPS) is 14.7. The molecule has 2 N–H and O–H groups in total. The Morgan fingerprint density at radius 1 is 1.39 bits per heavy atom. The number of hydrogen-bond acceptors (Lipinski definition) is 3. The highest BCUT2D eigenvalue weighted by atomic mass is 32.2. The van der Waals surface area contributed by atoms with Gasteiger partial charge in [-0.2, -0.15) is 0 Å². The first-order chi connectivity index (χ1) is 8.36. The van der Waals surface area contributed by atoms with Crippen LogP contribution in [0.2, 0.25) is 0 Å². The second-order valence-corrected chi connectivity index (χ2v) is 6.27. The minimum atomic E-state index is -0.437. The highest BCUT2D eigenvalue weighted by Crippen LogP contribution is 2.33. The van der Waals surface area contributed by atoms with Gasteiger partial charge in [-0.25, -0.2) is 0 Å². The van der Waals surface area contributed by atoms with E-state index in [9.17, 15) is 9.59 Å². The summed E-state index contributed by atoms with van der Waals surface area (Å²) < 4.78 is 0. The van der Waals surface area contributed by atoms with Crippen LogP contribution in [0.25, 0.3) is 0 Å². The molecule has 2 rings (SSSR count). The number of carbonyl (C=O) groups is 2. The molecule has 0 fully saturated rings. The average molecular weight is 264 g/mol. The van der Waals surface area contributed by atoms with E-state index in [1.165, 1.54) is 11.8 Å². The van der Waals surface area contributed by atoms with Crippen molar-refractivity contribution in [3.8, 4) is 0 Å². The van der Waals surface area contributed by atoms with Crippen LogP contribution in [0.15, 0.2) is 23.1 Å².